The van der Waals surface area contributed by atoms with Gasteiger partial charge in [-0.25, -0.2) is 0 Å². The molecule has 0 radical (unpaired) electrons. The Hall–Kier alpha value is -1.40. The van der Waals surface area contributed by atoms with Gasteiger partial charge in [0.15, 0.2) is 0 Å². The highest BCUT2D eigenvalue weighted by Crippen LogP contribution is 2.25. The van der Waals surface area contributed by atoms with Crippen molar-refractivity contribution in [1.29, 1.82) is 0 Å². The predicted octanol–water partition coefficient (Wildman–Crippen LogP) is 2.42. The number of para-hydroxylation sites is 2. The highest BCUT2D eigenvalue weighted by molar-refractivity contribution is 5.56. The second-order valence-corrected chi connectivity index (χ2v) is 4.64. The lowest BCUT2D eigenvalue weighted by Gasteiger charge is -2.32. The summed E-state index contributed by atoms with van der Waals surface area (Å²) >= 11 is 0. The van der Waals surface area contributed by atoms with Crippen molar-refractivity contribution in [2.45, 2.75) is 19.6 Å². The van der Waals surface area contributed by atoms with Crippen LogP contribution >= 0.6 is 0 Å². The molecule has 4 nitrogen and oxygen atoms in total. The molecule has 2 rings (SSSR count). The molecule has 0 amide bonds. The molecule has 0 aliphatic carbocycles. The molecule has 1 heterocycles. The maximum atomic E-state index is 12.3. The third-order valence-electron chi connectivity index (χ3n) is 3.29. The molecule has 1 aromatic carbocycles. The van der Waals surface area contributed by atoms with E-state index in [1.54, 1.807) is 18.2 Å². The molecule has 1 aliphatic rings. The fourth-order valence-electron chi connectivity index (χ4n) is 2.23. The Morgan fingerprint density at radius 3 is 3.00 bits per heavy atom. The Morgan fingerprint density at radius 2 is 2.25 bits per heavy atom. The number of anilines is 1. The maximum Gasteiger partial charge on any atom is 0.387 e. The zero-order chi connectivity index (χ0) is 14.4. The predicted molar refractivity (Wildman–Crippen MR) is 73.4 cm³/mol. The lowest BCUT2D eigenvalue weighted by molar-refractivity contribution is -0.0494. The average molecular weight is 286 g/mol. The molecule has 1 unspecified atom stereocenters. The van der Waals surface area contributed by atoms with E-state index >= 15 is 0 Å². The van der Waals surface area contributed by atoms with Crippen molar-refractivity contribution in [2.24, 2.45) is 0 Å². The SMILES string of the molecule is CCN1CCOC(CNc2ccccc2OC(F)F)C1. The van der Waals surface area contributed by atoms with Crippen LogP contribution in [-0.2, 0) is 4.74 Å². The van der Waals surface area contributed by atoms with E-state index in [1.807, 2.05) is 0 Å². The Kier molecular flexibility index (Phi) is 5.55. The number of hydrogen-bond acceptors (Lipinski definition) is 4. The van der Waals surface area contributed by atoms with Gasteiger partial charge in [-0.15, -0.1) is 0 Å². The van der Waals surface area contributed by atoms with Crippen molar-refractivity contribution >= 4 is 5.69 Å². The molecule has 1 saturated heterocycles. The Labute approximate surface area is 117 Å². The summed E-state index contributed by atoms with van der Waals surface area (Å²) in [6, 6.07) is 6.69. The van der Waals surface area contributed by atoms with Gasteiger partial charge in [-0.2, -0.15) is 8.78 Å². The highest BCUT2D eigenvalue weighted by atomic mass is 19.3. The molecule has 1 fully saturated rings. The van der Waals surface area contributed by atoms with Crippen molar-refractivity contribution in [3.05, 3.63) is 24.3 Å². The van der Waals surface area contributed by atoms with E-state index in [4.69, 9.17) is 4.74 Å². The van der Waals surface area contributed by atoms with E-state index in [1.165, 1.54) is 6.07 Å². The Balaban J connectivity index is 1.90. The molecular formula is C14H20F2N2O2. The molecule has 112 valence electrons. The van der Waals surface area contributed by atoms with Gasteiger partial charge in [0.1, 0.15) is 5.75 Å². The number of rotatable bonds is 6. The molecule has 1 N–H and O–H groups in total. The summed E-state index contributed by atoms with van der Waals surface area (Å²) < 4.78 is 34.8. The van der Waals surface area contributed by atoms with Crippen molar-refractivity contribution in [1.82, 2.24) is 4.90 Å². The summed E-state index contributed by atoms with van der Waals surface area (Å²) in [6.45, 7) is 3.35. The van der Waals surface area contributed by atoms with Gasteiger partial charge >= 0.3 is 6.61 Å². The van der Waals surface area contributed by atoms with Gasteiger partial charge in [-0.05, 0) is 18.7 Å². The third-order valence-corrected chi connectivity index (χ3v) is 3.29. The minimum absolute atomic E-state index is 0.0586. The monoisotopic (exact) mass is 286 g/mol. The zero-order valence-electron chi connectivity index (χ0n) is 11.5. The first kappa shape index (κ1) is 15.0. The largest absolute Gasteiger partial charge is 0.433 e. The third kappa shape index (κ3) is 4.31. The van der Waals surface area contributed by atoms with Crippen molar-refractivity contribution in [2.75, 3.05) is 38.1 Å². The van der Waals surface area contributed by atoms with Gasteiger partial charge in [0, 0.05) is 19.6 Å². The summed E-state index contributed by atoms with van der Waals surface area (Å²) in [7, 11) is 0. The second kappa shape index (κ2) is 7.40. The maximum absolute atomic E-state index is 12.3. The number of alkyl halides is 2. The zero-order valence-corrected chi connectivity index (χ0v) is 11.5. The minimum Gasteiger partial charge on any atom is -0.433 e. The molecule has 20 heavy (non-hydrogen) atoms. The van der Waals surface area contributed by atoms with Crippen LogP contribution in [0.1, 0.15) is 6.92 Å². The normalized spacial score (nSPS) is 20.1. The van der Waals surface area contributed by atoms with Gasteiger partial charge in [0.2, 0.25) is 0 Å². The number of likely N-dealkylation sites (N-methyl/N-ethyl adjacent to an activating group) is 1. The van der Waals surface area contributed by atoms with E-state index in [-0.39, 0.29) is 11.9 Å². The van der Waals surface area contributed by atoms with Crippen LogP contribution in [0.5, 0.6) is 5.75 Å². The van der Waals surface area contributed by atoms with Crippen molar-refractivity contribution in [3.63, 3.8) is 0 Å². The summed E-state index contributed by atoms with van der Waals surface area (Å²) in [5, 5.41) is 3.12. The topological polar surface area (TPSA) is 33.7 Å². The molecule has 0 spiro atoms. The quantitative estimate of drug-likeness (QED) is 0.871. The lowest BCUT2D eigenvalue weighted by Crippen LogP contribution is -2.45. The van der Waals surface area contributed by atoms with Gasteiger partial charge < -0.3 is 14.8 Å². The van der Waals surface area contributed by atoms with Crippen LogP contribution in [0.3, 0.4) is 0 Å². The number of benzene rings is 1. The fourth-order valence-corrected chi connectivity index (χ4v) is 2.23. The molecule has 1 aliphatic heterocycles. The highest BCUT2D eigenvalue weighted by Gasteiger charge is 2.19. The summed E-state index contributed by atoms with van der Waals surface area (Å²) in [4.78, 5) is 2.30. The average Bonchev–Trinajstić information content (AvgIpc) is 2.46. The first-order valence-corrected chi connectivity index (χ1v) is 6.80. The number of halogens is 2. The molecule has 0 bridgehead atoms. The Morgan fingerprint density at radius 1 is 1.45 bits per heavy atom. The van der Waals surface area contributed by atoms with Crippen LogP contribution in [-0.4, -0.2) is 50.4 Å². The number of hydrogen-bond donors (Lipinski definition) is 1. The van der Waals surface area contributed by atoms with Gasteiger partial charge in [-0.3, -0.25) is 4.90 Å². The summed E-state index contributed by atoms with van der Waals surface area (Å²) in [6.07, 6.45) is 0.0586. The van der Waals surface area contributed by atoms with Crippen molar-refractivity contribution < 1.29 is 18.3 Å². The van der Waals surface area contributed by atoms with Gasteiger partial charge in [0.05, 0.1) is 18.4 Å². The van der Waals surface area contributed by atoms with Crippen molar-refractivity contribution in [3.8, 4) is 5.75 Å². The Bertz CT molecular complexity index is 418. The minimum atomic E-state index is -2.82. The van der Waals surface area contributed by atoms with E-state index in [0.29, 0.717) is 18.8 Å². The van der Waals surface area contributed by atoms with Crippen LogP contribution in [0.2, 0.25) is 0 Å². The molecule has 0 saturated carbocycles. The first-order chi connectivity index (χ1) is 9.69. The number of nitrogens with zero attached hydrogens (tertiary/aromatic N) is 1. The lowest BCUT2D eigenvalue weighted by atomic mass is 10.2. The smallest absolute Gasteiger partial charge is 0.387 e. The van der Waals surface area contributed by atoms with Gasteiger partial charge in [-0.1, -0.05) is 19.1 Å². The summed E-state index contributed by atoms with van der Waals surface area (Å²) in [5.41, 5.74) is 0.560. The van der Waals surface area contributed by atoms with Gasteiger partial charge in [0.25, 0.3) is 0 Å². The van der Waals surface area contributed by atoms with E-state index in [2.05, 4.69) is 21.9 Å². The fraction of sp³-hybridized carbons (Fsp3) is 0.571. The van der Waals surface area contributed by atoms with Crippen LogP contribution in [0.15, 0.2) is 24.3 Å². The molecular weight excluding hydrogens is 266 g/mol. The van der Waals surface area contributed by atoms with E-state index in [9.17, 15) is 8.78 Å². The van der Waals surface area contributed by atoms with Crippen LogP contribution in [0, 0.1) is 0 Å². The standard InChI is InChI=1S/C14H20F2N2O2/c1-2-18-7-8-19-11(10-18)9-17-12-5-3-4-6-13(12)20-14(15)16/h3-6,11,14,17H,2,7-10H2,1H3. The van der Waals surface area contributed by atoms with Crippen LogP contribution in [0.25, 0.3) is 0 Å². The second-order valence-electron chi connectivity index (χ2n) is 4.64. The molecule has 1 aromatic rings. The first-order valence-electron chi connectivity index (χ1n) is 6.80. The number of nitrogens with one attached hydrogen (secondary N) is 1. The molecule has 0 aromatic heterocycles. The molecule has 1 atom stereocenters. The van der Waals surface area contributed by atoms with E-state index < -0.39 is 6.61 Å². The van der Waals surface area contributed by atoms with Crippen LogP contribution in [0.4, 0.5) is 14.5 Å². The number of morpholine rings is 1. The summed E-state index contributed by atoms with van der Waals surface area (Å²) in [5.74, 6) is 0.158. The van der Waals surface area contributed by atoms with Crippen LogP contribution < -0.4 is 10.1 Å². The number of ether oxygens (including phenoxy) is 2. The van der Waals surface area contributed by atoms with E-state index in [0.717, 1.165) is 19.6 Å². The molecule has 6 heteroatoms.